The maximum Gasteiger partial charge on any atom is 0.208 e. The van der Waals surface area contributed by atoms with E-state index in [1.807, 2.05) is 55.6 Å². The highest BCUT2D eigenvalue weighted by Gasteiger charge is 2.13. The number of nitrogens with one attached hydrogen (secondary N) is 1. The standard InChI is InChI=1S/C20H18N4O/c1-21-20-23-18-12-22-17(15-9-7-14(13-25)8-10-15)11-19(18)24(20)16-5-3-2-4-6-16/h2-12,25H,13H2,1H3,(H,21,23). The first-order valence-electron chi connectivity index (χ1n) is 8.12. The SMILES string of the molecule is CNc1nc2cnc(-c3ccc(CO)cc3)cc2n1-c1ccccc1. The summed E-state index contributed by atoms with van der Waals surface area (Å²) in [4.78, 5) is 9.17. The molecule has 5 heteroatoms. The van der Waals surface area contributed by atoms with Crippen LogP contribution in [0.2, 0.25) is 0 Å². The largest absolute Gasteiger partial charge is 0.392 e. The molecule has 0 radical (unpaired) electrons. The van der Waals surface area contributed by atoms with Crippen LogP contribution in [0.5, 0.6) is 0 Å². The average Bonchev–Trinajstić information content (AvgIpc) is 3.06. The van der Waals surface area contributed by atoms with Crippen molar-refractivity contribution in [2.75, 3.05) is 12.4 Å². The lowest BCUT2D eigenvalue weighted by molar-refractivity contribution is 0.282. The summed E-state index contributed by atoms with van der Waals surface area (Å²) >= 11 is 0. The smallest absolute Gasteiger partial charge is 0.208 e. The van der Waals surface area contributed by atoms with Gasteiger partial charge in [-0.15, -0.1) is 0 Å². The van der Waals surface area contributed by atoms with Gasteiger partial charge in [0.15, 0.2) is 0 Å². The van der Waals surface area contributed by atoms with E-state index >= 15 is 0 Å². The zero-order valence-electron chi connectivity index (χ0n) is 13.8. The fourth-order valence-electron chi connectivity index (χ4n) is 2.93. The highest BCUT2D eigenvalue weighted by molar-refractivity contribution is 5.84. The van der Waals surface area contributed by atoms with E-state index in [0.29, 0.717) is 0 Å². The second kappa shape index (κ2) is 6.37. The average molecular weight is 330 g/mol. The molecule has 0 saturated carbocycles. The Morgan fingerprint density at radius 3 is 2.48 bits per heavy atom. The Morgan fingerprint density at radius 2 is 1.80 bits per heavy atom. The van der Waals surface area contributed by atoms with E-state index in [-0.39, 0.29) is 6.61 Å². The van der Waals surface area contributed by atoms with Crippen LogP contribution >= 0.6 is 0 Å². The summed E-state index contributed by atoms with van der Waals surface area (Å²) in [6.45, 7) is 0.0407. The number of pyridine rings is 1. The number of imidazole rings is 1. The van der Waals surface area contributed by atoms with Gasteiger partial charge in [0.2, 0.25) is 5.95 Å². The number of aliphatic hydroxyl groups is 1. The fraction of sp³-hybridized carbons (Fsp3) is 0.100. The van der Waals surface area contributed by atoms with Crippen LogP contribution < -0.4 is 5.32 Å². The van der Waals surface area contributed by atoms with Crippen molar-refractivity contribution in [3.63, 3.8) is 0 Å². The lowest BCUT2D eigenvalue weighted by Gasteiger charge is -2.09. The molecule has 0 fully saturated rings. The molecule has 0 saturated heterocycles. The molecule has 25 heavy (non-hydrogen) atoms. The molecule has 2 heterocycles. The van der Waals surface area contributed by atoms with Gasteiger partial charge in [-0.2, -0.15) is 0 Å². The summed E-state index contributed by atoms with van der Waals surface area (Å²) in [5.74, 6) is 0.774. The maximum absolute atomic E-state index is 9.20. The first-order chi connectivity index (χ1) is 12.3. The number of aliphatic hydroxyl groups excluding tert-OH is 1. The van der Waals surface area contributed by atoms with E-state index in [1.54, 1.807) is 6.20 Å². The van der Waals surface area contributed by atoms with Gasteiger partial charge in [-0.1, -0.05) is 42.5 Å². The number of para-hydroxylation sites is 1. The fourth-order valence-corrected chi connectivity index (χ4v) is 2.93. The van der Waals surface area contributed by atoms with Crippen LogP contribution in [0.15, 0.2) is 66.9 Å². The van der Waals surface area contributed by atoms with Crippen LogP contribution in [0.3, 0.4) is 0 Å². The van der Waals surface area contributed by atoms with Crippen molar-refractivity contribution in [2.24, 2.45) is 0 Å². The van der Waals surface area contributed by atoms with Crippen molar-refractivity contribution < 1.29 is 5.11 Å². The molecule has 0 amide bonds. The van der Waals surface area contributed by atoms with E-state index in [9.17, 15) is 5.11 Å². The molecular weight excluding hydrogens is 312 g/mol. The summed E-state index contributed by atoms with van der Waals surface area (Å²) in [5, 5.41) is 12.4. The minimum atomic E-state index is 0.0407. The van der Waals surface area contributed by atoms with Crippen LogP contribution in [-0.4, -0.2) is 26.7 Å². The van der Waals surface area contributed by atoms with E-state index in [1.165, 1.54) is 0 Å². The zero-order chi connectivity index (χ0) is 17.2. The van der Waals surface area contributed by atoms with Gasteiger partial charge in [0.05, 0.1) is 24.0 Å². The predicted molar refractivity (Wildman–Crippen MR) is 99.8 cm³/mol. The molecule has 4 rings (SSSR count). The monoisotopic (exact) mass is 330 g/mol. The first-order valence-corrected chi connectivity index (χ1v) is 8.12. The Kier molecular flexibility index (Phi) is 3.91. The minimum Gasteiger partial charge on any atom is -0.392 e. The quantitative estimate of drug-likeness (QED) is 0.600. The number of benzene rings is 2. The predicted octanol–water partition coefficient (Wildman–Crippen LogP) is 3.62. The number of hydrogen-bond donors (Lipinski definition) is 2. The molecule has 0 atom stereocenters. The molecule has 124 valence electrons. The molecule has 0 aliphatic rings. The van der Waals surface area contributed by atoms with Crippen molar-refractivity contribution in [3.05, 3.63) is 72.4 Å². The Hall–Kier alpha value is -3.18. The van der Waals surface area contributed by atoms with Gasteiger partial charge in [-0.05, 0) is 23.8 Å². The molecule has 0 unspecified atom stereocenters. The third-order valence-electron chi connectivity index (χ3n) is 4.21. The van der Waals surface area contributed by atoms with Crippen molar-refractivity contribution in [1.82, 2.24) is 14.5 Å². The van der Waals surface area contributed by atoms with Crippen molar-refractivity contribution in [1.29, 1.82) is 0 Å². The number of hydrogen-bond acceptors (Lipinski definition) is 4. The summed E-state index contributed by atoms with van der Waals surface area (Å²) in [5.41, 5.74) is 5.64. The summed E-state index contributed by atoms with van der Waals surface area (Å²) in [6.07, 6.45) is 1.80. The van der Waals surface area contributed by atoms with E-state index in [0.717, 1.165) is 39.5 Å². The normalized spacial score (nSPS) is 11.0. The number of nitrogens with zero attached hydrogens (tertiary/aromatic N) is 3. The van der Waals surface area contributed by atoms with Crippen molar-refractivity contribution >= 4 is 17.0 Å². The third kappa shape index (κ3) is 2.75. The van der Waals surface area contributed by atoms with E-state index < -0.39 is 0 Å². The summed E-state index contributed by atoms with van der Waals surface area (Å²) < 4.78 is 2.09. The van der Waals surface area contributed by atoms with Gasteiger partial charge in [-0.25, -0.2) is 4.98 Å². The van der Waals surface area contributed by atoms with Crippen molar-refractivity contribution in [3.8, 4) is 16.9 Å². The van der Waals surface area contributed by atoms with Gasteiger partial charge >= 0.3 is 0 Å². The van der Waals surface area contributed by atoms with E-state index in [2.05, 4.69) is 32.0 Å². The summed E-state index contributed by atoms with van der Waals surface area (Å²) in [7, 11) is 1.86. The van der Waals surface area contributed by atoms with Crippen LogP contribution in [-0.2, 0) is 6.61 Å². The Bertz CT molecular complexity index is 1010. The minimum absolute atomic E-state index is 0.0407. The van der Waals surface area contributed by atoms with Crippen LogP contribution in [0.1, 0.15) is 5.56 Å². The van der Waals surface area contributed by atoms with Crippen LogP contribution in [0, 0.1) is 0 Å². The second-order valence-corrected chi connectivity index (χ2v) is 5.77. The Labute approximate surface area is 145 Å². The van der Waals surface area contributed by atoms with Gasteiger partial charge in [0.25, 0.3) is 0 Å². The molecule has 2 N–H and O–H groups in total. The van der Waals surface area contributed by atoms with Gasteiger partial charge < -0.3 is 10.4 Å². The van der Waals surface area contributed by atoms with E-state index in [4.69, 9.17) is 0 Å². The number of fused-ring (bicyclic) bond motifs is 1. The molecule has 0 aliphatic carbocycles. The van der Waals surface area contributed by atoms with Crippen molar-refractivity contribution in [2.45, 2.75) is 6.61 Å². The Morgan fingerprint density at radius 1 is 1.04 bits per heavy atom. The maximum atomic E-state index is 9.20. The summed E-state index contributed by atoms with van der Waals surface area (Å²) in [6, 6.07) is 19.9. The first kappa shape index (κ1) is 15.4. The number of aromatic nitrogens is 3. The van der Waals surface area contributed by atoms with Gasteiger partial charge in [-0.3, -0.25) is 9.55 Å². The molecule has 2 aromatic heterocycles. The topological polar surface area (TPSA) is 63.0 Å². The highest BCUT2D eigenvalue weighted by Crippen LogP contribution is 2.27. The van der Waals surface area contributed by atoms with Gasteiger partial charge in [0, 0.05) is 18.3 Å². The molecular formula is C20H18N4O. The molecule has 0 aliphatic heterocycles. The van der Waals surface area contributed by atoms with Crippen LogP contribution in [0.4, 0.5) is 5.95 Å². The molecule has 0 bridgehead atoms. The Balaban J connectivity index is 1.89. The molecule has 4 aromatic rings. The number of rotatable bonds is 4. The second-order valence-electron chi connectivity index (χ2n) is 5.77. The third-order valence-corrected chi connectivity index (χ3v) is 4.21. The zero-order valence-corrected chi connectivity index (χ0v) is 13.8. The lowest BCUT2D eigenvalue weighted by Crippen LogP contribution is -2.01. The molecule has 0 spiro atoms. The van der Waals surface area contributed by atoms with Crippen LogP contribution in [0.25, 0.3) is 28.0 Å². The van der Waals surface area contributed by atoms with Gasteiger partial charge in [0.1, 0.15) is 5.52 Å². The lowest BCUT2D eigenvalue weighted by atomic mass is 10.1. The number of anilines is 1. The molecule has 5 nitrogen and oxygen atoms in total. The molecule has 2 aromatic carbocycles. The highest BCUT2D eigenvalue weighted by atomic mass is 16.3.